The maximum atomic E-state index is 9.46. The number of hydrogen-bond acceptors (Lipinski definition) is 5. The fourth-order valence-electron chi connectivity index (χ4n) is 2.16. The summed E-state index contributed by atoms with van der Waals surface area (Å²) in [5.41, 5.74) is 2.41. The predicted octanol–water partition coefficient (Wildman–Crippen LogP) is 3.67. The number of nitrogens with zero attached hydrogens (tertiary/aromatic N) is 2. The Labute approximate surface area is 129 Å². The van der Waals surface area contributed by atoms with Crippen molar-refractivity contribution in [2.75, 3.05) is 31.3 Å². The first kappa shape index (κ1) is 15.6. The Kier molecular flexibility index (Phi) is 5.85. The average molecular weight is 301 g/mol. The summed E-state index contributed by atoms with van der Waals surface area (Å²) in [6.45, 7) is 4.22. The fraction of sp³-hybridized carbons (Fsp3) is 0.375. The van der Waals surface area contributed by atoms with E-state index < -0.39 is 0 Å². The number of aromatic nitrogens is 1. The van der Waals surface area contributed by atoms with Crippen LogP contribution in [-0.2, 0) is 4.74 Å². The number of nitrogens with one attached hydrogen (secondary N) is 1. The van der Waals surface area contributed by atoms with E-state index in [0.717, 1.165) is 47.8 Å². The smallest absolute Gasteiger partial charge is 0.116 e. The highest BCUT2D eigenvalue weighted by Crippen LogP contribution is 2.31. The molecule has 1 aromatic heterocycles. The van der Waals surface area contributed by atoms with Gasteiger partial charge in [0.25, 0.3) is 0 Å². The quantitative estimate of drug-likeness (QED) is 0.624. The van der Waals surface area contributed by atoms with Crippen LogP contribution in [0.2, 0.25) is 0 Å². The second-order valence-corrected chi connectivity index (χ2v) is 5.27. The Morgan fingerprint density at radius 1 is 1.38 bits per heavy atom. The molecule has 0 aliphatic carbocycles. The molecule has 4 nitrogen and oxygen atoms in total. The van der Waals surface area contributed by atoms with Crippen LogP contribution in [0.3, 0.4) is 0 Å². The van der Waals surface area contributed by atoms with Crippen LogP contribution in [0.15, 0.2) is 29.3 Å². The minimum Gasteiger partial charge on any atom is -0.383 e. The molecule has 2 aromatic rings. The number of ether oxygens (including phenoxy) is 1. The third kappa shape index (κ3) is 3.66. The lowest BCUT2D eigenvalue weighted by atomic mass is 10.1. The molecule has 0 spiro atoms. The first-order chi connectivity index (χ1) is 10.3. The molecule has 0 radical (unpaired) electrons. The molecule has 21 heavy (non-hydrogen) atoms. The van der Waals surface area contributed by atoms with Gasteiger partial charge in [0.1, 0.15) is 16.7 Å². The Morgan fingerprint density at radius 2 is 2.19 bits per heavy atom. The van der Waals surface area contributed by atoms with Crippen molar-refractivity contribution >= 4 is 28.4 Å². The number of pyridine rings is 1. The molecule has 0 saturated carbocycles. The van der Waals surface area contributed by atoms with E-state index >= 15 is 0 Å². The number of nitriles is 1. The molecular formula is C16H19N3OS. The van der Waals surface area contributed by atoms with E-state index in [1.165, 1.54) is 11.8 Å². The van der Waals surface area contributed by atoms with Crippen LogP contribution in [0.4, 0.5) is 5.69 Å². The summed E-state index contributed by atoms with van der Waals surface area (Å²) in [5.74, 6) is 0. The van der Waals surface area contributed by atoms with Crippen LogP contribution in [0.5, 0.6) is 0 Å². The zero-order valence-electron chi connectivity index (χ0n) is 12.3. The molecule has 0 fully saturated rings. The zero-order valence-corrected chi connectivity index (χ0v) is 13.2. The minimum atomic E-state index is 0.623. The summed E-state index contributed by atoms with van der Waals surface area (Å²) in [6, 6.07) is 10.2. The van der Waals surface area contributed by atoms with Gasteiger partial charge in [0.05, 0.1) is 11.2 Å². The highest BCUT2D eigenvalue weighted by molar-refractivity contribution is 7.98. The molecule has 0 amide bonds. The van der Waals surface area contributed by atoms with Gasteiger partial charge in [-0.25, -0.2) is 4.98 Å². The molecule has 0 aliphatic rings. The Bertz CT molecular complexity index is 652. The summed E-state index contributed by atoms with van der Waals surface area (Å²) in [5, 5.41) is 14.6. The van der Waals surface area contributed by atoms with Crippen LogP contribution < -0.4 is 5.32 Å². The highest BCUT2D eigenvalue weighted by atomic mass is 32.2. The molecule has 2 rings (SSSR count). The minimum absolute atomic E-state index is 0.623. The summed E-state index contributed by atoms with van der Waals surface area (Å²) < 4.78 is 5.34. The SMILES string of the molecule is CCOCCCNc1c(C#N)c(SC)nc2ccccc12. The lowest BCUT2D eigenvalue weighted by Gasteiger charge is -2.13. The zero-order chi connectivity index (χ0) is 15.1. The highest BCUT2D eigenvalue weighted by Gasteiger charge is 2.13. The van der Waals surface area contributed by atoms with Crippen molar-refractivity contribution in [3.8, 4) is 6.07 Å². The molecule has 110 valence electrons. The van der Waals surface area contributed by atoms with Gasteiger partial charge in [-0.05, 0) is 25.7 Å². The van der Waals surface area contributed by atoms with Crippen molar-refractivity contribution in [3.63, 3.8) is 0 Å². The molecule has 1 N–H and O–H groups in total. The third-order valence-electron chi connectivity index (χ3n) is 3.14. The third-order valence-corrected chi connectivity index (χ3v) is 3.82. The van der Waals surface area contributed by atoms with Gasteiger partial charge in [0, 0.05) is 25.1 Å². The topological polar surface area (TPSA) is 57.9 Å². The Hall–Kier alpha value is -1.77. The van der Waals surface area contributed by atoms with Gasteiger partial charge < -0.3 is 10.1 Å². The standard InChI is InChI=1S/C16H19N3OS/c1-3-20-10-6-9-18-15-12-7-4-5-8-14(12)19-16(21-2)13(15)11-17/h4-5,7-8H,3,6,9-10H2,1-2H3,(H,18,19). The Morgan fingerprint density at radius 3 is 2.90 bits per heavy atom. The number of para-hydroxylation sites is 1. The number of fused-ring (bicyclic) bond motifs is 1. The molecule has 1 aromatic carbocycles. The van der Waals surface area contributed by atoms with Crippen molar-refractivity contribution in [1.29, 1.82) is 5.26 Å². The molecule has 1 heterocycles. The van der Waals surface area contributed by atoms with E-state index in [9.17, 15) is 5.26 Å². The van der Waals surface area contributed by atoms with Gasteiger partial charge in [-0.2, -0.15) is 5.26 Å². The molecule has 0 saturated heterocycles. The van der Waals surface area contributed by atoms with Crippen molar-refractivity contribution in [3.05, 3.63) is 29.8 Å². The molecule has 0 bridgehead atoms. The molecule has 0 aliphatic heterocycles. The van der Waals surface area contributed by atoms with E-state index in [4.69, 9.17) is 4.74 Å². The molecule has 0 unspecified atom stereocenters. The van der Waals surface area contributed by atoms with Crippen LogP contribution in [-0.4, -0.2) is 31.0 Å². The summed E-state index contributed by atoms with van der Waals surface area (Å²) >= 11 is 1.50. The normalized spacial score (nSPS) is 10.5. The summed E-state index contributed by atoms with van der Waals surface area (Å²) in [7, 11) is 0. The number of anilines is 1. The predicted molar refractivity (Wildman–Crippen MR) is 87.8 cm³/mol. The van der Waals surface area contributed by atoms with E-state index in [1.807, 2.05) is 37.4 Å². The van der Waals surface area contributed by atoms with Crippen molar-refractivity contribution in [2.45, 2.75) is 18.4 Å². The van der Waals surface area contributed by atoms with Gasteiger partial charge in [0.2, 0.25) is 0 Å². The average Bonchev–Trinajstić information content (AvgIpc) is 2.53. The first-order valence-corrected chi connectivity index (χ1v) is 8.22. The van der Waals surface area contributed by atoms with Gasteiger partial charge >= 0.3 is 0 Å². The van der Waals surface area contributed by atoms with Gasteiger partial charge in [0.15, 0.2) is 0 Å². The fourth-order valence-corrected chi connectivity index (χ4v) is 2.70. The van der Waals surface area contributed by atoms with Crippen molar-refractivity contribution in [1.82, 2.24) is 4.98 Å². The number of thioether (sulfide) groups is 1. The second-order valence-electron chi connectivity index (χ2n) is 4.48. The van der Waals surface area contributed by atoms with Crippen molar-refractivity contribution in [2.24, 2.45) is 0 Å². The van der Waals surface area contributed by atoms with Gasteiger partial charge in [-0.15, -0.1) is 11.8 Å². The maximum Gasteiger partial charge on any atom is 0.116 e. The first-order valence-electron chi connectivity index (χ1n) is 7.00. The lowest BCUT2D eigenvalue weighted by Crippen LogP contribution is -2.08. The number of rotatable bonds is 7. The van der Waals surface area contributed by atoms with Crippen molar-refractivity contribution < 1.29 is 4.74 Å². The van der Waals surface area contributed by atoms with Crippen LogP contribution in [0.25, 0.3) is 10.9 Å². The second kappa shape index (κ2) is 7.87. The molecular weight excluding hydrogens is 282 g/mol. The van der Waals surface area contributed by atoms with E-state index in [0.29, 0.717) is 5.56 Å². The molecule has 5 heteroatoms. The number of benzene rings is 1. The van der Waals surface area contributed by atoms with Crippen LogP contribution >= 0.6 is 11.8 Å². The van der Waals surface area contributed by atoms with E-state index in [1.54, 1.807) is 0 Å². The maximum absolute atomic E-state index is 9.46. The van der Waals surface area contributed by atoms with Crippen LogP contribution in [0, 0.1) is 11.3 Å². The van der Waals surface area contributed by atoms with E-state index in [-0.39, 0.29) is 0 Å². The molecule has 0 atom stereocenters. The van der Waals surface area contributed by atoms with Crippen LogP contribution in [0.1, 0.15) is 18.9 Å². The van der Waals surface area contributed by atoms with Gasteiger partial charge in [-0.1, -0.05) is 18.2 Å². The summed E-state index contributed by atoms with van der Waals surface area (Å²) in [6.07, 6.45) is 2.85. The van der Waals surface area contributed by atoms with Gasteiger partial charge in [-0.3, -0.25) is 0 Å². The Balaban J connectivity index is 2.32. The monoisotopic (exact) mass is 301 g/mol. The van der Waals surface area contributed by atoms with E-state index in [2.05, 4.69) is 16.4 Å². The largest absolute Gasteiger partial charge is 0.383 e. The summed E-state index contributed by atoms with van der Waals surface area (Å²) in [4.78, 5) is 4.56. The number of hydrogen-bond donors (Lipinski definition) is 1. The lowest BCUT2D eigenvalue weighted by molar-refractivity contribution is 0.147.